The van der Waals surface area contributed by atoms with E-state index in [1.165, 1.54) is 23.9 Å². The maximum atomic E-state index is 13.5. The number of rotatable bonds is 7. The van der Waals surface area contributed by atoms with Gasteiger partial charge in [0.2, 0.25) is 0 Å². The number of ether oxygens (including phenoxy) is 1. The van der Waals surface area contributed by atoms with Crippen molar-refractivity contribution >= 4 is 22.7 Å². The fraction of sp³-hybridized carbons (Fsp3) is 0.263. The van der Waals surface area contributed by atoms with E-state index >= 15 is 0 Å². The Balaban J connectivity index is 1.69. The van der Waals surface area contributed by atoms with Crippen molar-refractivity contribution in [1.29, 1.82) is 0 Å². The third kappa shape index (κ3) is 4.05. The smallest absolute Gasteiger partial charge is 0.262 e. The lowest BCUT2D eigenvalue weighted by Crippen LogP contribution is -2.24. The Morgan fingerprint density at radius 1 is 1.23 bits per heavy atom. The standard InChI is InChI=1S/C19H19FN2O3S/c1-2-22-18(24)14-7-3-5-9-16(14)21-19(22)26-12-13(23)11-25-17-10-6-4-8-15(17)20/h3-10,13,23H,2,11-12H2,1H3/t13-/m1/s1. The average Bonchev–Trinajstić information content (AvgIpc) is 2.66. The van der Waals surface area contributed by atoms with Crippen molar-refractivity contribution in [2.75, 3.05) is 12.4 Å². The number of aliphatic hydroxyl groups excluding tert-OH is 1. The molecule has 0 radical (unpaired) electrons. The first-order chi connectivity index (χ1) is 12.6. The molecule has 0 aliphatic carbocycles. The molecule has 0 saturated carbocycles. The lowest BCUT2D eigenvalue weighted by atomic mass is 10.2. The summed E-state index contributed by atoms with van der Waals surface area (Å²) in [6.45, 7) is 2.32. The van der Waals surface area contributed by atoms with Gasteiger partial charge in [0.15, 0.2) is 16.7 Å². The second-order valence-corrected chi connectivity index (χ2v) is 6.65. The van der Waals surface area contributed by atoms with Gasteiger partial charge >= 0.3 is 0 Å². The van der Waals surface area contributed by atoms with Crippen molar-refractivity contribution < 1.29 is 14.2 Å². The van der Waals surface area contributed by atoms with Gasteiger partial charge in [-0.05, 0) is 31.2 Å². The van der Waals surface area contributed by atoms with Crippen molar-refractivity contribution in [3.8, 4) is 5.75 Å². The molecule has 0 aliphatic rings. The first-order valence-electron chi connectivity index (χ1n) is 8.28. The number of hydrogen-bond donors (Lipinski definition) is 1. The molecule has 0 fully saturated rings. The van der Waals surface area contributed by atoms with Gasteiger partial charge in [0.1, 0.15) is 6.61 Å². The molecule has 0 bridgehead atoms. The van der Waals surface area contributed by atoms with Gasteiger partial charge in [0, 0.05) is 12.3 Å². The van der Waals surface area contributed by atoms with E-state index in [0.29, 0.717) is 22.6 Å². The average molecular weight is 374 g/mol. The zero-order valence-electron chi connectivity index (χ0n) is 14.3. The van der Waals surface area contributed by atoms with E-state index in [2.05, 4.69) is 4.98 Å². The Kier molecular flexibility index (Phi) is 5.90. The number of para-hydroxylation sites is 2. The number of benzene rings is 2. The highest BCUT2D eigenvalue weighted by molar-refractivity contribution is 7.99. The molecule has 1 N–H and O–H groups in total. The van der Waals surface area contributed by atoms with E-state index in [0.717, 1.165) is 0 Å². The third-order valence-electron chi connectivity index (χ3n) is 3.82. The van der Waals surface area contributed by atoms with Gasteiger partial charge in [-0.25, -0.2) is 9.37 Å². The zero-order chi connectivity index (χ0) is 18.5. The highest BCUT2D eigenvalue weighted by Gasteiger charge is 2.13. The second-order valence-electron chi connectivity index (χ2n) is 5.67. The highest BCUT2D eigenvalue weighted by atomic mass is 32.2. The van der Waals surface area contributed by atoms with E-state index in [4.69, 9.17) is 4.74 Å². The molecular formula is C19H19FN2O3S. The van der Waals surface area contributed by atoms with Crippen LogP contribution in [-0.2, 0) is 6.54 Å². The van der Waals surface area contributed by atoms with Crippen LogP contribution >= 0.6 is 11.8 Å². The molecule has 7 heteroatoms. The number of fused-ring (bicyclic) bond motifs is 1. The molecule has 0 spiro atoms. The first kappa shape index (κ1) is 18.4. The summed E-state index contributed by atoms with van der Waals surface area (Å²) < 4.78 is 20.4. The SMILES string of the molecule is CCn1c(SC[C@H](O)COc2ccccc2F)nc2ccccc2c1=O. The van der Waals surface area contributed by atoms with Crippen LogP contribution < -0.4 is 10.3 Å². The van der Waals surface area contributed by atoms with E-state index < -0.39 is 11.9 Å². The van der Waals surface area contributed by atoms with Gasteiger partial charge in [0.25, 0.3) is 5.56 Å². The molecule has 0 amide bonds. The minimum Gasteiger partial charge on any atom is -0.488 e. The molecule has 0 aliphatic heterocycles. The van der Waals surface area contributed by atoms with Crippen LogP contribution in [0.5, 0.6) is 5.75 Å². The molecule has 0 unspecified atom stereocenters. The van der Waals surface area contributed by atoms with Gasteiger partial charge in [-0.3, -0.25) is 9.36 Å². The maximum absolute atomic E-state index is 13.5. The summed E-state index contributed by atoms with van der Waals surface area (Å²) >= 11 is 1.28. The van der Waals surface area contributed by atoms with Crippen molar-refractivity contribution in [2.24, 2.45) is 0 Å². The summed E-state index contributed by atoms with van der Waals surface area (Å²) in [5, 5.41) is 11.2. The van der Waals surface area contributed by atoms with E-state index in [1.54, 1.807) is 28.8 Å². The summed E-state index contributed by atoms with van der Waals surface area (Å²) in [6.07, 6.45) is -0.826. The summed E-state index contributed by atoms with van der Waals surface area (Å²) in [7, 11) is 0. The minimum absolute atomic E-state index is 0.0438. The largest absolute Gasteiger partial charge is 0.488 e. The molecule has 0 saturated heterocycles. The third-order valence-corrected chi connectivity index (χ3v) is 4.94. The van der Waals surface area contributed by atoms with E-state index in [1.807, 2.05) is 19.1 Å². The molecule has 136 valence electrons. The van der Waals surface area contributed by atoms with Gasteiger partial charge in [-0.1, -0.05) is 36.0 Å². The zero-order valence-corrected chi connectivity index (χ0v) is 15.1. The number of thioether (sulfide) groups is 1. The Morgan fingerprint density at radius 3 is 2.73 bits per heavy atom. The van der Waals surface area contributed by atoms with Crippen LogP contribution in [0.15, 0.2) is 58.5 Å². The molecule has 26 heavy (non-hydrogen) atoms. The minimum atomic E-state index is -0.826. The Bertz CT molecular complexity index is 961. The maximum Gasteiger partial charge on any atom is 0.262 e. The number of hydrogen-bond acceptors (Lipinski definition) is 5. The second kappa shape index (κ2) is 8.33. The molecular weight excluding hydrogens is 355 g/mol. The number of halogens is 1. The van der Waals surface area contributed by atoms with Crippen molar-refractivity contribution in [3.05, 3.63) is 64.7 Å². The van der Waals surface area contributed by atoms with Gasteiger partial charge in [-0.2, -0.15) is 0 Å². The number of aromatic nitrogens is 2. The molecule has 5 nitrogen and oxygen atoms in total. The number of nitrogens with zero attached hydrogens (tertiary/aromatic N) is 2. The Labute approximate surface area is 154 Å². The number of aliphatic hydroxyl groups is 1. The molecule has 3 rings (SSSR count). The first-order valence-corrected chi connectivity index (χ1v) is 9.26. The fourth-order valence-electron chi connectivity index (χ4n) is 2.50. The predicted octanol–water partition coefficient (Wildman–Crippen LogP) is 3.09. The summed E-state index contributed by atoms with van der Waals surface area (Å²) in [4.78, 5) is 17.1. The van der Waals surface area contributed by atoms with Crippen molar-refractivity contribution in [3.63, 3.8) is 0 Å². The molecule has 1 atom stereocenters. The summed E-state index contributed by atoms with van der Waals surface area (Å²) in [5.41, 5.74) is 0.527. The van der Waals surface area contributed by atoms with Crippen LogP contribution in [0.4, 0.5) is 4.39 Å². The summed E-state index contributed by atoms with van der Waals surface area (Å²) in [6, 6.07) is 13.2. The van der Waals surface area contributed by atoms with Gasteiger partial charge in [0.05, 0.1) is 17.0 Å². The molecule has 1 heterocycles. The van der Waals surface area contributed by atoms with Crippen LogP contribution in [0, 0.1) is 5.82 Å². The summed E-state index contributed by atoms with van der Waals surface area (Å²) in [5.74, 6) is -0.0894. The monoisotopic (exact) mass is 374 g/mol. The quantitative estimate of drug-likeness (QED) is 0.509. The van der Waals surface area contributed by atoms with E-state index in [9.17, 15) is 14.3 Å². The van der Waals surface area contributed by atoms with Gasteiger partial charge < -0.3 is 9.84 Å². The van der Waals surface area contributed by atoms with Crippen molar-refractivity contribution in [1.82, 2.24) is 9.55 Å². The highest BCUT2D eigenvalue weighted by Crippen LogP contribution is 2.20. The normalized spacial score (nSPS) is 12.3. The Morgan fingerprint density at radius 2 is 1.96 bits per heavy atom. The fourth-order valence-corrected chi connectivity index (χ4v) is 3.47. The predicted molar refractivity (Wildman–Crippen MR) is 100 cm³/mol. The molecule has 3 aromatic rings. The lowest BCUT2D eigenvalue weighted by Gasteiger charge is -2.14. The van der Waals surface area contributed by atoms with Crippen molar-refractivity contribution in [2.45, 2.75) is 24.7 Å². The van der Waals surface area contributed by atoms with Crippen LogP contribution in [0.1, 0.15) is 6.92 Å². The Hall–Kier alpha value is -2.38. The lowest BCUT2D eigenvalue weighted by molar-refractivity contribution is 0.123. The van der Waals surface area contributed by atoms with E-state index in [-0.39, 0.29) is 23.7 Å². The van der Waals surface area contributed by atoms with Crippen LogP contribution in [-0.4, -0.2) is 33.1 Å². The van der Waals surface area contributed by atoms with Crippen LogP contribution in [0.25, 0.3) is 10.9 Å². The van der Waals surface area contributed by atoms with Crippen LogP contribution in [0.3, 0.4) is 0 Å². The molecule has 2 aromatic carbocycles. The van der Waals surface area contributed by atoms with Gasteiger partial charge in [-0.15, -0.1) is 0 Å². The molecule has 1 aromatic heterocycles. The van der Waals surface area contributed by atoms with Crippen LogP contribution in [0.2, 0.25) is 0 Å². The topological polar surface area (TPSA) is 64.3 Å².